The molecule has 8 heteroatoms. The first-order valence-electron chi connectivity index (χ1n) is 12.3. The SMILES string of the molecule is CC(C)C[C@H](CO)N1C(=O)C2=CC=C3C(=O)N(c4ccc(CCN)cc4)C(=O)C4=CC=C(C1=O)C2C34. The molecule has 1 aromatic rings. The van der Waals surface area contributed by atoms with Crippen LogP contribution >= 0.6 is 0 Å². The van der Waals surface area contributed by atoms with Crippen LogP contribution in [-0.4, -0.2) is 52.8 Å². The number of anilines is 1. The molecule has 0 radical (unpaired) electrons. The number of carbonyl (C=O) groups is 4. The van der Waals surface area contributed by atoms with Crippen LogP contribution < -0.4 is 10.6 Å². The fourth-order valence-electron chi connectivity index (χ4n) is 5.72. The van der Waals surface area contributed by atoms with E-state index < -0.39 is 41.5 Å². The first-order valence-corrected chi connectivity index (χ1v) is 12.3. The van der Waals surface area contributed by atoms with E-state index in [0.717, 1.165) is 15.4 Å². The van der Waals surface area contributed by atoms with Crippen molar-refractivity contribution in [2.75, 3.05) is 18.1 Å². The molecule has 0 bridgehead atoms. The summed E-state index contributed by atoms with van der Waals surface area (Å²) in [6.07, 6.45) is 7.54. The van der Waals surface area contributed by atoms with Crippen molar-refractivity contribution in [2.24, 2.45) is 23.5 Å². The minimum absolute atomic E-state index is 0.170. The van der Waals surface area contributed by atoms with Gasteiger partial charge in [-0.15, -0.1) is 0 Å². The molecule has 1 aromatic carbocycles. The van der Waals surface area contributed by atoms with Crippen molar-refractivity contribution in [1.29, 1.82) is 0 Å². The maximum atomic E-state index is 13.6. The van der Waals surface area contributed by atoms with Gasteiger partial charge in [0.05, 0.1) is 18.3 Å². The van der Waals surface area contributed by atoms with Gasteiger partial charge in [-0.3, -0.25) is 24.1 Å². The number of amides is 4. The van der Waals surface area contributed by atoms with Crippen LogP contribution in [-0.2, 0) is 25.6 Å². The maximum absolute atomic E-state index is 13.6. The number of aliphatic hydroxyl groups is 1. The van der Waals surface area contributed by atoms with E-state index in [4.69, 9.17) is 5.73 Å². The number of rotatable bonds is 7. The Hall–Kier alpha value is -3.62. The first kappa shape index (κ1) is 24.1. The number of piperidine rings is 2. The quantitative estimate of drug-likeness (QED) is 0.566. The van der Waals surface area contributed by atoms with Crippen LogP contribution in [0.2, 0.25) is 0 Å². The van der Waals surface area contributed by atoms with Gasteiger partial charge in [0.2, 0.25) is 0 Å². The number of nitrogens with two attached hydrogens (primary N) is 1. The van der Waals surface area contributed by atoms with Crippen molar-refractivity contribution >= 4 is 29.3 Å². The van der Waals surface area contributed by atoms with Crippen LogP contribution in [0.4, 0.5) is 5.69 Å². The minimum Gasteiger partial charge on any atom is -0.394 e. The molecular formula is C28H29N3O5. The van der Waals surface area contributed by atoms with E-state index in [-0.39, 0.29) is 12.5 Å². The van der Waals surface area contributed by atoms with Crippen molar-refractivity contribution in [3.05, 3.63) is 76.4 Å². The van der Waals surface area contributed by atoms with Gasteiger partial charge in [0.1, 0.15) is 0 Å². The molecule has 0 spiro atoms. The zero-order chi connectivity index (χ0) is 25.7. The average Bonchev–Trinajstić information content (AvgIpc) is 2.86. The molecule has 1 atom stereocenters. The highest BCUT2D eigenvalue weighted by Gasteiger charge is 2.55. The van der Waals surface area contributed by atoms with Gasteiger partial charge in [-0.05, 0) is 43.0 Å². The Bertz CT molecular complexity index is 1220. The molecule has 0 unspecified atom stereocenters. The predicted molar refractivity (Wildman–Crippen MR) is 133 cm³/mol. The Morgan fingerprint density at radius 1 is 0.806 bits per heavy atom. The highest BCUT2D eigenvalue weighted by Crippen LogP contribution is 2.50. The second-order valence-electron chi connectivity index (χ2n) is 10.0. The third-order valence-corrected chi connectivity index (χ3v) is 7.34. The topological polar surface area (TPSA) is 121 Å². The van der Waals surface area contributed by atoms with Gasteiger partial charge >= 0.3 is 0 Å². The fourth-order valence-corrected chi connectivity index (χ4v) is 5.72. The van der Waals surface area contributed by atoms with E-state index in [1.54, 1.807) is 36.4 Å². The summed E-state index contributed by atoms with van der Waals surface area (Å²) in [5.74, 6) is -3.08. The lowest BCUT2D eigenvalue weighted by atomic mass is 9.63. The summed E-state index contributed by atoms with van der Waals surface area (Å²) in [5, 5.41) is 9.96. The van der Waals surface area contributed by atoms with E-state index in [9.17, 15) is 24.3 Å². The van der Waals surface area contributed by atoms with Gasteiger partial charge in [0.15, 0.2) is 0 Å². The second kappa shape index (κ2) is 9.11. The highest BCUT2D eigenvalue weighted by atomic mass is 16.3. The van der Waals surface area contributed by atoms with Crippen LogP contribution in [0.1, 0.15) is 25.8 Å². The Morgan fingerprint density at radius 3 is 1.69 bits per heavy atom. The van der Waals surface area contributed by atoms with E-state index in [0.29, 0.717) is 47.4 Å². The molecule has 2 fully saturated rings. The second-order valence-corrected chi connectivity index (χ2v) is 10.0. The van der Waals surface area contributed by atoms with Crippen molar-refractivity contribution in [2.45, 2.75) is 32.7 Å². The summed E-state index contributed by atoms with van der Waals surface area (Å²) in [5.41, 5.74) is 8.56. The molecule has 0 aromatic heterocycles. The van der Waals surface area contributed by atoms with Gasteiger partial charge in [0.25, 0.3) is 23.6 Å². The Morgan fingerprint density at radius 2 is 1.28 bits per heavy atom. The molecule has 8 nitrogen and oxygen atoms in total. The zero-order valence-electron chi connectivity index (χ0n) is 20.3. The third kappa shape index (κ3) is 3.60. The third-order valence-electron chi connectivity index (χ3n) is 7.34. The van der Waals surface area contributed by atoms with E-state index in [2.05, 4.69) is 0 Å². The van der Waals surface area contributed by atoms with Gasteiger partial charge in [-0.1, -0.05) is 50.3 Å². The number of imide groups is 2. The molecule has 3 N–H and O–H groups in total. The lowest BCUT2D eigenvalue weighted by molar-refractivity contribution is -0.147. The fraction of sp³-hybridized carbons (Fsp3) is 0.357. The van der Waals surface area contributed by atoms with Gasteiger partial charge in [-0.25, -0.2) is 4.90 Å². The number of nitrogens with zero attached hydrogens (tertiary/aromatic N) is 2. The summed E-state index contributed by atoms with van der Waals surface area (Å²) in [7, 11) is 0. The number of benzene rings is 1. The molecule has 5 rings (SSSR count). The number of aliphatic hydroxyl groups excluding tert-OH is 1. The monoisotopic (exact) mass is 487 g/mol. The Labute approximate surface area is 209 Å². The number of allylic oxidation sites excluding steroid dienone is 4. The molecule has 4 aliphatic rings. The standard InChI is InChI=1S/C28H29N3O5/c1-15(2)13-18(14-32)31-27(35)21-9-7-19-23-20(8-10-22(24(21)23)28(31)36)26(34)30(25(19)33)17-5-3-16(4-6-17)11-12-29/h3-10,15,18,23-24,32H,11-14,29H2,1-2H3/t18-,23?,24?/m1/s1. The molecular weight excluding hydrogens is 458 g/mol. The van der Waals surface area contributed by atoms with Gasteiger partial charge < -0.3 is 10.8 Å². The number of hydrogen-bond donors (Lipinski definition) is 2. The van der Waals surface area contributed by atoms with Crippen molar-refractivity contribution in [3.8, 4) is 0 Å². The molecule has 2 aliphatic carbocycles. The maximum Gasteiger partial charge on any atom is 0.261 e. The molecule has 36 heavy (non-hydrogen) atoms. The predicted octanol–water partition coefficient (Wildman–Crippen LogP) is 1.80. The smallest absolute Gasteiger partial charge is 0.261 e. The van der Waals surface area contributed by atoms with Crippen LogP contribution in [0.5, 0.6) is 0 Å². The number of likely N-dealkylation sites (tertiary alicyclic amines) is 1. The van der Waals surface area contributed by atoms with Gasteiger partial charge in [0, 0.05) is 34.1 Å². The average molecular weight is 488 g/mol. The van der Waals surface area contributed by atoms with Crippen molar-refractivity contribution in [3.63, 3.8) is 0 Å². The molecule has 2 saturated heterocycles. The normalized spacial score (nSPS) is 23.8. The van der Waals surface area contributed by atoms with Gasteiger partial charge in [-0.2, -0.15) is 0 Å². The summed E-state index contributed by atoms with van der Waals surface area (Å²) < 4.78 is 0. The molecule has 2 heterocycles. The van der Waals surface area contributed by atoms with Crippen LogP contribution in [0.3, 0.4) is 0 Å². The summed E-state index contributed by atoms with van der Waals surface area (Å²) >= 11 is 0. The van der Waals surface area contributed by atoms with Crippen LogP contribution in [0.15, 0.2) is 70.9 Å². The Kier molecular flexibility index (Phi) is 6.10. The number of carbonyl (C=O) groups excluding carboxylic acids is 4. The van der Waals surface area contributed by atoms with E-state index in [1.807, 2.05) is 26.0 Å². The largest absolute Gasteiger partial charge is 0.394 e. The molecule has 4 amide bonds. The van der Waals surface area contributed by atoms with Crippen LogP contribution in [0.25, 0.3) is 0 Å². The van der Waals surface area contributed by atoms with E-state index >= 15 is 0 Å². The first-order chi connectivity index (χ1) is 17.3. The lowest BCUT2D eigenvalue weighted by Crippen LogP contribution is -2.58. The molecule has 0 saturated carbocycles. The summed E-state index contributed by atoms with van der Waals surface area (Å²) in [4.78, 5) is 56.4. The summed E-state index contributed by atoms with van der Waals surface area (Å²) in [6, 6.07) is 6.50. The molecule has 186 valence electrons. The lowest BCUT2D eigenvalue weighted by Gasteiger charge is -2.46. The zero-order valence-corrected chi connectivity index (χ0v) is 20.3. The van der Waals surface area contributed by atoms with E-state index in [1.165, 1.54) is 0 Å². The summed E-state index contributed by atoms with van der Waals surface area (Å²) in [6.45, 7) is 4.09. The number of hydrogen-bond acceptors (Lipinski definition) is 6. The van der Waals surface area contributed by atoms with Crippen molar-refractivity contribution < 1.29 is 24.3 Å². The van der Waals surface area contributed by atoms with Crippen LogP contribution in [0, 0.1) is 17.8 Å². The Balaban J connectivity index is 1.57. The molecule has 2 aliphatic heterocycles. The highest BCUT2D eigenvalue weighted by molar-refractivity contribution is 6.30. The van der Waals surface area contributed by atoms with Crippen molar-refractivity contribution in [1.82, 2.24) is 4.90 Å². The minimum atomic E-state index is -0.693.